The van der Waals surface area contributed by atoms with E-state index in [4.69, 9.17) is 18.5 Å². The molecule has 1 N–H and O–H groups in total. The van der Waals surface area contributed by atoms with E-state index in [1.807, 2.05) is 21.1 Å². The fourth-order valence-corrected chi connectivity index (χ4v) is 7.86. The molecular formula is C66H107NO8P+. The van der Waals surface area contributed by atoms with Crippen LogP contribution in [-0.2, 0) is 32.7 Å². The first-order valence-corrected chi connectivity index (χ1v) is 30.7. The highest BCUT2D eigenvalue weighted by molar-refractivity contribution is 7.47. The van der Waals surface area contributed by atoms with Crippen LogP contribution in [0.4, 0.5) is 0 Å². The predicted molar refractivity (Wildman–Crippen MR) is 325 cm³/mol. The standard InChI is InChI=1S/C66H106NO8P/c1-6-8-10-12-14-16-18-20-22-24-26-28-30-31-32-33-34-35-37-39-41-43-45-47-49-51-53-55-57-59-66(69)75-64(63-74-76(70,71)73-61-60-67(3,4)5)62-72-65(68)58-56-54-52-50-48-46-44-42-40-38-36-29-27-25-23-21-19-17-15-13-11-9-7-2/h8-11,14-17,20-23,26-29,31-32,34-35,38-41,44,46,64H,6-7,12-13,18-19,24-25,30,33,36-37,42-43,45,47-63H2,1-5H3/p+1/b10-8-,11-9-,16-14-,17-15-,22-20-,23-21-,28-26-,29-27-,32-31-,35-34-,40-38-,41-39-,46-44-. The maximum atomic E-state index is 12.8. The zero-order chi connectivity index (χ0) is 55.6. The molecule has 0 aliphatic carbocycles. The Labute approximate surface area is 465 Å². The Morgan fingerprint density at radius 2 is 0.711 bits per heavy atom. The van der Waals surface area contributed by atoms with E-state index < -0.39 is 32.5 Å². The molecular weight excluding hydrogens is 966 g/mol. The van der Waals surface area contributed by atoms with Gasteiger partial charge in [0, 0.05) is 12.8 Å². The zero-order valence-corrected chi connectivity index (χ0v) is 49.3. The van der Waals surface area contributed by atoms with Gasteiger partial charge in [-0.25, -0.2) is 4.57 Å². The molecule has 0 heterocycles. The van der Waals surface area contributed by atoms with Crippen LogP contribution in [0.5, 0.6) is 0 Å². The first-order chi connectivity index (χ1) is 37.0. The highest BCUT2D eigenvalue weighted by atomic mass is 31.2. The molecule has 0 radical (unpaired) electrons. The van der Waals surface area contributed by atoms with Crippen LogP contribution >= 0.6 is 7.82 Å². The van der Waals surface area contributed by atoms with Crippen molar-refractivity contribution in [3.63, 3.8) is 0 Å². The zero-order valence-electron chi connectivity index (χ0n) is 48.4. The average molecular weight is 1070 g/mol. The number of hydrogen-bond acceptors (Lipinski definition) is 7. The molecule has 2 atom stereocenters. The molecule has 0 amide bonds. The van der Waals surface area contributed by atoms with E-state index in [0.717, 1.165) is 135 Å². The molecule has 10 heteroatoms. The van der Waals surface area contributed by atoms with Crippen molar-refractivity contribution in [2.45, 2.75) is 200 Å². The average Bonchev–Trinajstić information content (AvgIpc) is 3.38. The summed E-state index contributed by atoms with van der Waals surface area (Å²) in [6.45, 7) is 4.13. The van der Waals surface area contributed by atoms with E-state index in [1.165, 1.54) is 19.3 Å². The normalized spacial score (nSPS) is 14.4. The number of allylic oxidation sites excluding steroid dienone is 26. The lowest BCUT2D eigenvalue weighted by atomic mass is 10.1. The SMILES string of the molecule is CC/C=C\C/C=C\C/C=C\C/C=C\C/C=C\C/C=C\C/C=C\CCCCCCCCCC(=O)OC(COC(=O)CCCCCC/C=C\C/C=C\C/C=C\C/C=C\C/C=C\C/C=C\CC)COP(=O)(O)OCC[N+](C)(C)C. The fraction of sp³-hybridized carbons (Fsp3) is 0.576. The van der Waals surface area contributed by atoms with E-state index in [0.29, 0.717) is 23.9 Å². The van der Waals surface area contributed by atoms with E-state index in [9.17, 15) is 19.0 Å². The quantitative estimate of drug-likeness (QED) is 0.0211. The van der Waals surface area contributed by atoms with Gasteiger partial charge in [-0.05, 0) is 122 Å². The molecule has 0 rings (SSSR count). The van der Waals surface area contributed by atoms with Gasteiger partial charge in [-0.1, -0.05) is 217 Å². The van der Waals surface area contributed by atoms with Crippen LogP contribution in [0.15, 0.2) is 158 Å². The Kier molecular flexibility index (Phi) is 52.2. The predicted octanol–water partition coefficient (Wildman–Crippen LogP) is 18.5. The van der Waals surface area contributed by atoms with Crippen LogP contribution in [0, 0.1) is 0 Å². The Morgan fingerprint density at radius 3 is 1.05 bits per heavy atom. The van der Waals surface area contributed by atoms with E-state index in [1.54, 1.807) is 0 Å². The molecule has 2 unspecified atom stereocenters. The number of phosphoric ester groups is 1. The van der Waals surface area contributed by atoms with Crippen LogP contribution in [-0.4, -0.2) is 74.9 Å². The molecule has 0 aromatic rings. The van der Waals surface area contributed by atoms with Crippen LogP contribution in [0.25, 0.3) is 0 Å². The second-order valence-electron chi connectivity index (χ2n) is 19.9. The van der Waals surface area contributed by atoms with Gasteiger partial charge >= 0.3 is 19.8 Å². The number of carbonyl (C=O) groups excluding carboxylic acids is 2. The van der Waals surface area contributed by atoms with Gasteiger partial charge in [-0.15, -0.1) is 0 Å². The molecule has 0 aromatic heterocycles. The minimum Gasteiger partial charge on any atom is -0.462 e. The van der Waals surface area contributed by atoms with Crippen molar-refractivity contribution in [1.29, 1.82) is 0 Å². The van der Waals surface area contributed by atoms with Crippen LogP contribution in [0.1, 0.15) is 194 Å². The fourth-order valence-electron chi connectivity index (χ4n) is 7.11. The van der Waals surface area contributed by atoms with Crippen molar-refractivity contribution in [1.82, 2.24) is 0 Å². The highest BCUT2D eigenvalue weighted by Crippen LogP contribution is 2.43. The highest BCUT2D eigenvalue weighted by Gasteiger charge is 2.27. The monoisotopic (exact) mass is 1070 g/mol. The molecule has 0 fully saturated rings. The number of quaternary nitrogens is 1. The molecule has 0 saturated carbocycles. The van der Waals surface area contributed by atoms with Crippen molar-refractivity contribution in [2.75, 3.05) is 47.5 Å². The van der Waals surface area contributed by atoms with Gasteiger partial charge in [0.25, 0.3) is 0 Å². The number of ether oxygens (including phenoxy) is 2. The van der Waals surface area contributed by atoms with E-state index in [2.05, 4.69) is 172 Å². The maximum absolute atomic E-state index is 12.8. The van der Waals surface area contributed by atoms with Crippen LogP contribution in [0.2, 0.25) is 0 Å². The first-order valence-electron chi connectivity index (χ1n) is 29.2. The molecule has 0 saturated heterocycles. The van der Waals surface area contributed by atoms with Gasteiger partial charge in [0.2, 0.25) is 0 Å². The number of unbranched alkanes of at least 4 members (excludes halogenated alkanes) is 11. The Hall–Kier alpha value is -4.37. The smallest absolute Gasteiger partial charge is 0.462 e. The van der Waals surface area contributed by atoms with Gasteiger partial charge in [0.1, 0.15) is 19.8 Å². The number of hydrogen-bond donors (Lipinski definition) is 1. The summed E-state index contributed by atoms with van der Waals surface area (Å²) in [5.41, 5.74) is 0. The summed E-state index contributed by atoms with van der Waals surface area (Å²) in [7, 11) is 1.43. The van der Waals surface area contributed by atoms with Crippen molar-refractivity contribution in [3.8, 4) is 0 Å². The minimum absolute atomic E-state index is 0.0148. The number of likely N-dealkylation sites (N-methyl/N-ethyl adjacent to an activating group) is 1. The number of nitrogens with zero attached hydrogens (tertiary/aromatic N) is 1. The molecule has 0 spiro atoms. The Morgan fingerprint density at radius 1 is 0.408 bits per heavy atom. The first kappa shape index (κ1) is 71.6. The molecule has 0 aromatic carbocycles. The summed E-state index contributed by atoms with van der Waals surface area (Å²) >= 11 is 0. The molecule has 0 aliphatic rings. The Bertz CT molecular complexity index is 1840. The van der Waals surface area contributed by atoms with Gasteiger partial charge in [0.05, 0.1) is 27.7 Å². The Balaban J connectivity index is 4.31. The number of esters is 2. The molecule has 76 heavy (non-hydrogen) atoms. The van der Waals surface area contributed by atoms with Gasteiger partial charge in [0.15, 0.2) is 6.10 Å². The summed E-state index contributed by atoms with van der Waals surface area (Å²) < 4.78 is 34.5. The summed E-state index contributed by atoms with van der Waals surface area (Å²) in [5.74, 6) is -0.854. The molecule has 428 valence electrons. The second-order valence-corrected chi connectivity index (χ2v) is 21.4. The lowest BCUT2D eigenvalue weighted by molar-refractivity contribution is -0.870. The van der Waals surface area contributed by atoms with Crippen molar-refractivity contribution >= 4 is 19.8 Å². The summed E-state index contributed by atoms with van der Waals surface area (Å²) in [4.78, 5) is 35.7. The van der Waals surface area contributed by atoms with Gasteiger partial charge in [-0.3, -0.25) is 18.6 Å². The molecule has 9 nitrogen and oxygen atoms in total. The number of phosphoric acid groups is 1. The summed E-state index contributed by atoms with van der Waals surface area (Å²) in [6.07, 6.45) is 83.0. The third-order valence-electron chi connectivity index (χ3n) is 11.6. The summed E-state index contributed by atoms with van der Waals surface area (Å²) in [6, 6.07) is 0. The maximum Gasteiger partial charge on any atom is 0.472 e. The number of carbonyl (C=O) groups is 2. The third-order valence-corrected chi connectivity index (χ3v) is 12.5. The summed E-state index contributed by atoms with van der Waals surface area (Å²) in [5, 5.41) is 0. The van der Waals surface area contributed by atoms with E-state index in [-0.39, 0.29) is 26.1 Å². The minimum atomic E-state index is -4.41. The van der Waals surface area contributed by atoms with Crippen molar-refractivity contribution in [2.24, 2.45) is 0 Å². The van der Waals surface area contributed by atoms with Crippen molar-refractivity contribution in [3.05, 3.63) is 158 Å². The largest absolute Gasteiger partial charge is 0.472 e. The van der Waals surface area contributed by atoms with Gasteiger partial charge in [-0.2, -0.15) is 0 Å². The van der Waals surface area contributed by atoms with Crippen LogP contribution < -0.4 is 0 Å². The van der Waals surface area contributed by atoms with Crippen molar-refractivity contribution < 1.29 is 42.1 Å². The lowest BCUT2D eigenvalue weighted by Crippen LogP contribution is -2.37. The van der Waals surface area contributed by atoms with Gasteiger partial charge < -0.3 is 18.9 Å². The van der Waals surface area contributed by atoms with Crippen LogP contribution in [0.3, 0.4) is 0 Å². The topological polar surface area (TPSA) is 108 Å². The van der Waals surface area contributed by atoms with E-state index >= 15 is 0 Å². The molecule has 0 bridgehead atoms. The molecule has 0 aliphatic heterocycles. The lowest BCUT2D eigenvalue weighted by Gasteiger charge is -2.24. The third kappa shape index (κ3) is 58.9. The number of rotatable bonds is 51. The second kappa shape index (κ2) is 55.4.